The molecule has 3 aromatic carbocycles. The van der Waals surface area contributed by atoms with E-state index in [-0.39, 0.29) is 10.8 Å². The molecule has 0 bridgehead atoms. The molecule has 3 rings (SSSR count). The van der Waals surface area contributed by atoms with Gasteiger partial charge in [0.1, 0.15) is 5.75 Å². The molecular weight excluding hydrogens is 412 g/mol. The number of hydrogen-bond acceptors (Lipinski definition) is 4. The van der Waals surface area contributed by atoms with Crippen LogP contribution in [0.1, 0.15) is 29.3 Å². The summed E-state index contributed by atoms with van der Waals surface area (Å²) in [4.78, 5) is 12.6. The first-order valence-corrected chi connectivity index (χ1v) is 11.6. The van der Waals surface area contributed by atoms with E-state index < -0.39 is 10.0 Å². The summed E-state index contributed by atoms with van der Waals surface area (Å²) in [5.41, 5.74) is 1.91. The van der Waals surface area contributed by atoms with Crippen LogP contribution < -0.4 is 14.8 Å². The Kier molecular flexibility index (Phi) is 7.67. The molecule has 0 aromatic heterocycles. The fourth-order valence-electron chi connectivity index (χ4n) is 3.05. The Hall–Kier alpha value is -3.32. The van der Waals surface area contributed by atoms with Crippen LogP contribution in [-0.4, -0.2) is 27.5 Å². The van der Waals surface area contributed by atoms with Crippen LogP contribution in [0.5, 0.6) is 5.75 Å². The van der Waals surface area contributed by atoms with Gasteiger partial charge in [-0.25, -0.2) is 8.42 Å². The van der Waals surface area contributed by atoms with Gasteiger partial charge >= 0.3 is 0 Å². The van der Waals surface area contributed by atoms with Crippen molar-refractivity contribution in [3.8, 4) is 5.75 Å². The highest BCUT2D eigenvalue weighted by Crippen LogP contribution is 2.17. The van der Waals surface area contributed by atoms with E-state index in [0.29, 0.717) is 24.4 Å². The highest BCUT2D eigenvalue weighted by Gasteiger charge is 2.14. The van der Waals surface area contributed by atoms with Gasteiger partial charge in [-0.3, -0.25) is 9.52 Å². The molecule has 3 aromatic rings. The van der Waals surface area contributed by atoms with Gasteiger partial charge in [-0.1, -0.05) is 36.4 Å². The highest BCUT2D eigenvalue weighted by atomic mass is 32.2. The molecule has 2 N–H and O–H groups in total. The lowest BCUT2D eigenvalue weighted by Gasteiger charge is -2.10. The van der Waals surface area contributed by atoms with Gasteiger partial charge in [0, 0.05) is 17.8 Å². The predicted molar refractivity (Wildman–Crippen MR) is 122 cm³/mol. The minimum Gasteiger partial charge on any atom is -0.494 e. The zero-order chi connectivity index (χ0) is 22.1. The number of nitrogens with one attached hydrogen (secondary N) is 2. The monoisotopic (exact) mass is 438 g/mol. The summed E-state index contributed by atoms with van der Waals surface area (Å²) in [6.07, 6.45) is 1.63. The van der Waals surface area contributed by atoms with Crippen LogP contribution in [0.25, 0.3) is 0 Å². The van der Waals surface area contributed by atoms with E-state index in [0.717, 1.165) is 18.6 Å². The van der Waals surface area contributed by atoms with Gasteiger partial charge < -0.3 is 10.1 Å². The van der Waals surface area contributed by atoms with E-state index in [4.69, 9.17) is 4.74 Å². The largest absolute Gasteiger partial charge is 0.494 e. The van der Waals surface area contributed by atoms with Gasteiger partial charge in [-0.2, -0.15) is 0 Å². The van der Waals surface area contributed by atoms with Crippen molar-refractivity contribution in [2.24, 2.45) is 0 Å². The maximum absolute atomic E-state index is 12.5. The minimum atomic E-state index is -3.70. The van der Waals surface area contributed by atoms with Crippen LogP contribution in [0.15, 0.2) is 83.8 Å². The fourth-order valence-corrected chi connectivity index (χ4v) is 4.12. The Labute approximate surface area is 183 Å². The van der Waals surface area contributed by atoms with Crippen LogP contribution in [0, 0.1) is 0 Å². The van der Waals surface area contributed by atoms with Crippen molar-refractivity contribution in [1.29, 1.82) is 0 Å². The van der Waals surface area contributed by atoms with Gasteiger partial charge in [0.25, 0.3) is 15.9 Å². The quantitative estimate of drug-likeness (QED) is 0.464. The Morgan fingerprint density at radius 3 is 2.39 bits per heavy atom. The van der Waals surface area contributed by atoms with Crippen molar-refractivity contribution in [1.82, 2.24) is 5.32 Å². The van der Waals surface area contributed by atoms with Crippen molar-refractivity contribution in [3.63, 3.8) is 0 Å². The second-order valence-corrected chi connectivity index (χ2v) is 8.62. The Bertz CT molecular complexity index is 1100. The number of amides is 1. The van der Waals surface area contributed by atoms with Gasteiger partial charge in [0.2, 0.25) is 0 Å². The molecule has 0 saturated heterocycles. The summed E-state index contributed by atoms with van der Waals surface area (Å²) >= 11 is 0. The predicted octanol–water partition coefficient (Wildman–Crippen LogP) is 4.25. The standard InChI is InChI=1S/C24H26N2O4S/c1-2-30-22-15-13-19(14-16-22)8-7-17-25-24(27)20-9-6-10-21(18-20)26-31(28,29)23-11-4-3-5-12-23/h3-6,9-16,18,26H,2,7-8,17H2,1H3,(H,25,27). The van der Waals surface area contributed by atoms with Crippen molar-refractivity contribution < 1.29 is 17.9 Å². The number of sulfonamides is 1. The van der Waals surface area contributed by atoms with Crippen molar-refractivity contribution in [3.05, 3.63) is 90.0 Å². The lowest BCUT2D eigenvalue weighted by atomic mass is 10.1. The molecule has 31 heavy (non-hydrogen) atoms. The van der Waals surface area contributed by atoms with Crippen LogP contribution in [0.2, 0.25) is 0 Å². The minimum absolute atomic E-state index is 0.166. The van der Waals surface area contributed by atoms with Gasteiger partial charge in [0.05, 0.1) is 11.5 Å². The number of benzene rings is 3. The van der Waals surface area contributed by atoms with Crippen molar-refractivity contribution >= 4 is 21.6 Å². The first-order chi connectivity index (χ1) is 15.0. The number of hydrogen-bond donors (Lipinski definition) is 2. The number of rotatable bonds is 10. The highest BCUT2D eigenvalue weighted by molar-refractivity contribution is 7.92. The number of ether oxygens (including phenoxy) is 1. The van der Waals surface area contributed by atoms with E-state index in [1.165, 1.54) is 23.8 Å². The summed E-state index contributed by atoms with van der Waals surface area (Å²) in [6.45, 7) is 3.11. The molecule has 0 aliphatic rings. The maximum Gasteiger partial charge on any atom is 0.261 e. The zero-order valence-corrected chi connectivity index (χ0v) is 18.2. The lowest BCUT2D eigenvalue weighted by Crippen LogP contribution is -2.25. The summed E-state index contributed by atoms with van der Waals surface area (Å²) in [5, 5.41) is 2.88. The normalized spacial score (nSPS) is 11.0. The SMILES string of the molecule is CCOc1ccc(CCCNC(=O)c2cccc(NS(=O)(=O)c3ccccc3)c2)cc1. The second-order valence-electron chi connectivity index (χ2n) is 6.94. The average molecular weight is 439 g/mol. The molecule has 6 nitrogen and oxygen atoms in total. The number of aryl methyl sites for hydroxylation is 1. The average Bonchev–Trinajstić information content (AvgIpc) is 2.78. The third-order valence-corrected chi connectivity index (χ3v) is 5.99. The third kappa shape index (κ3) is 6.58. The van der Waals surface area contributed by atoms with Crippen molar-refractivity contribution in [2.75, 3.05) is 17.9 Å². The van der Waals surface area contributed by atoms with E-state index >= 15 is 0 Å². The molecule has 0 aliphatic heterocycles. The van der Waals surface area contributed by atoms with Crippen LogP contribution in [-0.2, 0) is 16.4 Å². The molecular formula is C24H26N2O4S. The number of carbonyl (C=O) groups is 1. The summed E-state index contributed by atoms with van der Waals surface area (Å²) < 4.78 is 32.9. The van der Waals surface area contributed by atoms with Crippen LogP contribution >= 0.6 is 0 Å². The topological polar surface area (TPSA) is 84.5 Å². The van der Waals surface area contributed by atoms with Gasteiger partial charge in [0.15, 0.2) is 0 Å². The fraction of sp³-hybridized carbons (Fsp3) is 0.208. The molecule has 7 heteroatoms. The van der Waals surface area contributed by atoms with Crippen molar-refractivity contribution in [2.45, 2.75) is 24.7 Å². The molecule has 0 aliphatic carbocycles. The number of anilines is 1. The summed E-state index contributed by atoms with van der Waals surface area (Å²) in [7, 11) is -3.70. The second kappa shape index (κ2) is 10.6. The van der Waals surface area contributed by atoms with Crippen LogP contribution in [0.3, 0.4) is 0 Å². The molecule has 0 spiro atoms. The molecule has 0 radical (unpaired) electrons. The van der Waals surface area contributed by atoms with Gasteiger partial charge in [-0.05, 0) is 67.8 Å². The molecule has 0 heterocycles. The van der Waals surface area contributed by atoms with E-state index in [1.54, 1.807) is 36.4 Å². The molecule has 0 fully saturated rings. The van der Waals surface area contributed by atoms with E-state index in [1.807, 2.05) is 31.2 Å². The molecule has 162 valence electrons. The molecule has 0 saturated carbocycles. The Morgan fingerprint density at radius 2 is 1.68 bits per heavy atom. The summed E-state index contributed by atoms with van der Waals surface area (Å²) in [5.74, 6) is 0.606. The Morgan fingerprint density at radius 1 is 0.935 bits per heavy atom. The lowest BCUT2D eigenvalue weighted by molar-refractivity contribution is 0.0953. The van der Waals surface area contributed by atoms with Crippen LogP contribution in [0.4, 0.5) is 5.69 Å². The molecule has 1 amide bonds. The third-order valence-electron chi connectivity index (χ3n) is 4.59. The number of carbonyl (C=O) groups excluding carboxylic acids is 1. The smallest absolute Gasteiger partial charge is 0.261 e. The first kappa shape index (κ1) is 22.4. The maximum atomic E-state index is 12.5. The molecule has 0 unspecified atom stereocenters. The molecule has 0 atom stereocenters. The Balaban J connectivity index is 1.52. The van der Waals surface area contributed by atoms with E-state index in [2.05, 4.69) is 10.0 Å². The summed E-state index contributed by atoms with van der Waals surface area (Å²) in [6, 6.07) is 22.5. The first-order valence-electron chi connectivity index (χ1n) is 10.2. The zero-order valence-electron chi connectivity index (χ0n) is 17.4. The van der Waals surface area contributed by atoms with E-state index in [9.17, 15) is 13.2 Å². The van der Waals surface area contributed by atoms with Gasteiger partial charge in [-0.15, -0.1) is 0 Å².